The molecule has 98 valence electrons. The summed E-state index contributed by atoms with van der Waals surface area (Å²) in [6, 6.07) is 1.49. The summed E-state index contributed by atoms with van der Waals surface area (Å²) in [5.41, 5.74) is 0.543. The van der Waals surface area contributed by atoms with Crippen LogP contribution >= 0.6 is 23.2 Å². The highest BCUT2D eigenvalue weighted by Gasteiger charge is 2.11. The third kappa shape index (κ3) is 4.16. The van der Waals surface area contributed by atoms with E-state index in [0.29, 0.717) is 10.7 Å². The Morgan fingerprint density at radius 2 is 2.06 bits per heavy atom. The highest BCUT2D eigenvalue weighted by Crippen LogP contribution is 2.25. The lowest BCUT2D eigenvalue weighted by atomic mass is 10.3. The fraction of sp³-hybridized carbons (Fsp3) is 0.364. The summed E-state index contributed by atoms with van der Waals surface area (Å²) in [6.45, 7) is 2.96. The Labute approximate surface area is 114 Å². The minimum absolute atomic E-state index is 0.191. The monoisotopic (exact) mass is 290 g/mol. The molecule has 7 heteroatoms. The van der Waals surface area contributed by atoms with E-state index in [9.17, 15) is 9.59 Å². The summed E-state index contributed by atoms with van der Waals surface area (Å²) >= 11 is 11.7. The molecule has 1 aromatic rings. The summed E-state index contributed by atoms with van der Waals surface area (Å²) < 4.78 is 4.67. The Bertz CT molecular complexity index is 478. The number of carbonyl (C=O) groups is 2. The Morgan fingerprint density at radius 1 is 1.39 bits per heavy atom. The molecule has 1 aromatic heterocycles. The molecule has 0 aliphatic carbocycles. The second kappa shape index (κ2) is 6.56. The van der Waals surface area contributed by atoms with E-state index >= 15 is 0 Å². The van der Waals surface area contributed by atoms with Crippen molar-refractivity contribution in [2.24, 2.45) is 0 Å². The van der Waals surface area contributed by atoms with Gasteiger partial charge in [0, 0.05) is 6.42 Å². The van der Waals surface area contributed by atoms with Gasteiger partial charge in [0.25, 0.3) is 5.91 Å². The fourth-order valence-electron chi connectivity index (χ4n) is 1.06. The Morgan fingerprint density at radius 3 is 2.67 bits per heavy atom. The van der Waals surface area contributed by atoms with Gasteiger partial charge in [-0.2, -0.15) is 0 Å². The van der Waals surface area contributed by atoms with Crippen molar-refractivity contribution in [3.05, 3.63) is 21.8 Å². The quantitative estimate of drug-likeness (QED) is 0.866. The van der Waals surface area contributed by atoms with Crippen molar-refractivity contribution >= 4 is 40.9 Å². The molecular formula is C11H12Cl2N2O3. The number of anilines is 1. The average Bonchev–Trinajstić information content (AvgIpc) is 2.33. The number of aryl methyl sites for hydroxylation is 1. The van der Waals surface area contributed by atoms with E-state index in [0.717, 1.165) is 0 Å². The van der Waals surface area contributed by atoms with Gasteiger partial charge in [-0.1, -0.05) is 30.1 Å². The first-order valence-corrected chi connectivity index (χ1v) is 5.97. The van der Waals surface area contributed by atoms with Crippen LogP contribution in [-0.2, 0) is 14.3 Å². The summed E-state index contributed by atoms with van der Waals surface area (Å²) in [4.78, 5) is 26.4. The number of halogens is 2. The number of aromatic nitrogens is 1. The first-order chi connectivity index (χ1) is 8.43. The molecular weight excluding hydrogens is 279 g/mol. The van der Waals surface area contributed by atoms with Gasteiger partial charge >= 0.3 is 5.97 Å². The zero-order chi connectivity index (χ0) is 13.7. The highest BCUT2D eigenvalue weighted by molar-refractivity contribution is 6.36. The Balaban J connectivity index is 2.65. The topological polar surface area (TPSA) is 68.3 Å². The van der Waals surface area contributed by atoms with Gasteiger partial charge in [0.15, 0.2) is 12.4 Å². The molecule has 0 radical (unpaired) electrons. The zero-order valence-electron chi connectivity index (χ0n) is 9.92. The highest BCUT2D eigenvalue weighted by atomic mass is 35.5. The van der Waals surface area contributed by atoms with Gasteiger partial charge in [0.1, 0.15) is 0 Å². The molecule has 0 aliphatic heterocycles. The van der Waals surface area contributed by atoms with Crippen LogP contribution in [0.2, 0.25) is 10.0 Å². The second-order valence-corrected chi connectivity index (χ2v) is 4.26. The summed E-state index contributed by atoms with van der Waals surface area (Å²) in [5, 5.41) is 3.08. The van der Waals surface area contributed by atoms with Crippen LogP contribution in [0, 0.1) is 6.92 Å². The van der Waals surface area contributed by atoms with Crippen LogP contribution in [0.4, 0.5) is 5.82 Å². The molecule has 0 fully saturated rings. The van der Waals surface area contributed by atoms with E-state index in [1.165, 1.54) is 6.07 Å². The lowest BCUT2D eigenvalue weighted by molar-refractivity contribution is -0.146. The number of esters is 1. The van der Waals surface area contributed by atoms with Gasteiger partial charge in [-0.15, -0.1) is 0 Å². The van der Waals surface area contributed by atoms with Crippen molar-refractivity contribution < 1.29 is 14.3 Å². The van der Waals surface area contributed by atoms with Crippen molar-refractivity contribution in [1.82, 2.24) is 4.98 Å². The number of nitrogens with zero attached hydrogens (tertiary/aromatic N) is 1. The van der Waals surface area contributed by atoms with Crippen LogP contribution in [0.5, 0.6) is 0 Å². The number of ether oxygens (including phenoxy) is 1. The number of nitrogens with one attached hydrogen (secondary N) is 1. The molecule has 18 heavy (non-hydrogen) atoms. The molecule has 0 spiro atoms. The zero-order valence-corrected chi connectivity index (χ0v) is 11.4. The predicted molar refractivity (Wildman–Crippen MR) is 68.9 cm³/mol. The normalized spacial score (nSPS) is 10.0. The van der Waals surface area contributed by atoms with E-state index in [4.69, 9.17) is 23.2 Å². The molecule has 0 bridgehead atoms. The van der Waals surface area contributed by atoms with Crippen molar-refractivity contribution in [2.75, 3.05) is 11.9 Å². The lowest BCUT2D eigenvalue weighted by Gasteiger charge is -2.08. The predicted octanol–water partition coefficient (Wildman–Crippen LogP) is 2.59. The number of hydrogen-bond acceptors (Lipinski definition) is 4. The van der Waals surface area contributed by atoms with Gasteiger partial charge < -0.3 is 10.1 Å². The minimum Gasteiger partial charge on any atom is -0.456 e. The van der Waals surface area contributed by atoms with Crippen LogP contribution < -0.4 is 5.32 Å². The van der Waals surface area contributed by atoms with Crippen LogP contribution in [-0.4, -0.2) is 23.5 Å². The summed E-state index contributed by atoms with van der Waals surface area (Å²) in [5.74, 6) is -0.763. The van der Waals surface area contributed by atoms with E-state index in [1.54, 1.807) is 13.8 Å². The third-order valence-corrected chi connectivity index (χ3v) is 2.69. The SMILES string of the molecule is CCC(=O)OCC(=O)Nc1nc(C)c(Cl)cc1Cl. The molecule has 0 unspecified atom stereocenters. The van der Waals surface area contributed by atoms with Crippen molar-refractivity contribution in [2.45, 2.75) is 20.3 Å². The van der Waals surface area contributed by atoms with Crippen LogP contribution in [0.3, 0.4) is 0 Å². The third-order valence-electron chi connectivity index (χ3n) is 2.02. The molecule has 0 saturated heterocycles. The maximum Gasteiger partial charge on any atom is 0.306 e. The number of amides is 1. The van der Waals surface area contributed by atoms with E-state index in [-0.39, 0.29) is 23.9 Å². The van der Waals surface area contributed by atoms with Crippen molar-refractivity contribution in [1.29, 1.82) is 0 Å². The van der Waals surface area contributed by atoms with Crippen molar-refractivity contribution in [3.8, 4) is 0 Å². The van der Waals surface area contributed by atoms with Gasteiger partial charge in [-0.25, -0.2) is 4.98 Å². The maximum absolute atomic E-state index is 11.5. The molecule has 5 nitrogen and oxygen atoms in total. The second-order valence-electron chi connectivity index (χ2n) is 3.45. The summed E-state index contributed by atoms with van der Waals surface area (Å²) in [6.07, 6.45) is 0.215. The fourth-order valence-corrected chi connectivity index (χ4v) is 1.47. The number of pyridine rings is 1. The number of hydrogen-bond donors (Lipinski definition) is 1. The maximum atomic E-state index is 11.5. The molecule has 0 saturated carbocycles. The Hall–Kier alpha value is -1.33. The van der Waals surface area contributed by atoms with Gasteiger partial charge in [-0.3, -0.25) is 9.59 Å². The van der Waals surface area contributed by atoms with Crippen molar-refractivity contribution in [3.63, 3.8) is 0 Å². The molecule has 1 N–H and O–H groups in total. The molecule has 1 heterocycles. The van der Waals surface area contributed by atoms with Gasteiger partial charge in [-0.05, 0) is 13.0 Å². The minimum atomic E-state index is -0.507. The number of carbonyl (C=O) groups excluding carboxylic acids is 2. The van der Waals surface area contributed by atoms with Crippen LogP contribution in [0.25, 0.3) is 0 Å². The Kier molecular flexibility index (Phi) is 5.37. The molecule has 1 amide bonds. The smallest absolute Gasteiger partial charge is 0.306 e. The van der Waals surface area contributed by atoms with Gasteiger partial charge in [0.05, 0.1) is 15.7 Å². The first kappa shape index (κ1) is 14.7. The molecule has 0 aliphatic rings. The molecule has 0 aromatic carbocycles. The molecule has 0 atom stereocenters. The van der Waals surface area contributed by atoms with E-state index < -0.39 is 11.9 Å². The standard InChI is InChI=1S/C11H12Cl2N2O3/c1-3-10(17)18-5-9(16)15-11-8(13)4-7(12)6(2)14-11/h4H,3,5H2,1-2H3,(H,14,15,16). The first-order valence-electron chi connectivity index (χ1n) is 5.22. The number of rotatable bonds is 4. The van der Waals surface area contributed by atoms with E-state index in [2.05, 4.69) is 15.0 Å². The van der Waals surface area contributed by atoms with Gasteiger partial charge in [0.2, 0.25) is 0 Å². The largest absolute Gasteiger partial charge is 0.456 e. The van der Waals surface area contributed by atoms with Crippen LogP contribution in [0.15, 0.2) is 6.07 Å². The van der Waals surface area contributed by atoms with E-state index in [1.807, 2.05) is 0 Å². The van der Waals surface area contributed by atoms with Crippen LogP contribution in [0.1, 0.15) is 19.0 Å². The summed E-state index contributed by atoms with van der Waals surface area (Å²) in [7, 11) is 0. The average molecular weight is 291 g/mol. The lowest BCUT2D eigenvalue weighted by Crippen LogP contribution is -2.21. The molecule has 1 rings (SSSR count).